The van der Waals surface area contributed by atoms with Crippen LogP contribution in [-0.4, -0.2) is 32.5 Å². The van der Waals surface area contributed by atoms with Crippen molar-refractivity contribution in [2.75, 3.05) is 6.61 Å². The third kappa shape index (κ3) is 2.76. The van der Waals surface area contributed by atoms with Crippen LogP contribution in [0.1, 0.15) is 15.2 Å². The summed E-state index contributed by atoms with van der Waals surface area (Å²) in [5.41, 5.74) is 0.680. The molecule has 0 fully saturated rings. The van der Waals surface area contributed by atoms with Crippen LogP contribution in [0, 0.1) is 6.92 Å². The van der Waals surface area contributed by atoms with Gasteiger partial charge in [-0.1, -0.05) is 12.7 Å². The van der Waals surface area contributed by atoms with Gasteiger partial charge in [0, 0.05) is 12.4 Å². The second kappa shape index (κ2) is 6.09. The highest BCUT2D eigenvalue weighted by molar-refractivity contribution is 7.20. The van der Waals surface area contributed by atoms with E-state index >= 15 is 0 Å². The summed E-state index contributed by atoms with van der Waals surface area (Å²) in [7, 11) is 0. The molecule has 116 valence electrons. The molecule has 23 heavy (non-hydrogen) atoms. The van der Waals surface area contributed by atoms with Crippen LogP contribution in [0.25, 0.3) is 21.7 Å². The van der Waals surface area contributed by atoms with Crippen LogP contribution < -0.4 is 5.56 Å². The minimum atomic E-state index is -0.495. The van der Waals surface area contributed by atoms with Gasteiger partial charge in [-0.3, -0.25) is 9.78 Å². The van der Waals surface area contributed by atoms with Crippen LogP contribution in [0.3, 0.4) is 0 Å². The first-order valence-electron chi connectivity index (χ1n) is 6.69. The monoisotopic (exact) mass is 328 g/mol. The number of fused-ring (bicyclic) bond motifs is 1. The maximum absolute atomic E-state index is 12.3. The van der Waals surface area contributed by atoms with Crippen molar-refractivity contribution in [3.05, 3.63) is 52.0 Å². The summed E-state index contributed by atoms with van der Waals surface area (Å²) >= 11 is 1.12. The molecular weight excluding hydrogens is 316 g/mol. The van der Waals surface area contributed by atoms with E-state index in [1.54, 1.807) is 6.92 Å². The summed E-state index contributed by atoms with van der Waals surface area (Å²) < 4.78 is 5.03. The zero-order valence-corrected chi connectivity index (χ0v) is 13.0. The molecule has 0 aliphatic heterocycles. The number of nitrogens with zero attached hydrogens (tertiary/aromatic N) is 3. The number of H-pyrrole nitrogens is 1. The fraction of sp³-hybridized carbons (Fsp3) is 0.133. The Hall–Kier alpha value is -2.87. The van der Waals surface area contributed by atoms with Crippen LogP contribution in [0.5, 0.6) is 0 Å². The number of carbonyl (C=O) groups is 1. The first-order valence-corrected chi connectivity index (χ1v) is 7.51. The summed E-state index contributed by atoms with van der Waals surface area (Å²) in [5.74, 6) is -0.186. The van der Waals surface area contributed by atoms with Gasteiger partial charge in [0.05, 0.1) is 11.6 Å². The first-order chi connectivity index (χ1) is 11.1. The molecule has 0 bridgehead atoms. The Morgan fingerprint density at radius 1 is 1.48 bits per heavy atom. The van der Waals surface area contributed by atoms with Crippen molar-refractivity contribution in [1.29, 1.82) is 0 Å². The molecule has 3 rings (SSSR count). The van der Waals surface area contributed by atoms with Crippen molar-refractivity contribution in [3.8, 4) is 11.5 Å². The second-order valence-electron chi connectivity index (χ2n) is 4.63. The molecular formula is C15H12N4O3S. The van der Waals surface area contributed by atoms with Crippen molar-refractivity contribution in [2.45, 2.75) is 6.92 Å². The average molecular weight is 328 g/mol. The van der Waals surface area contributed by atoms with Crippen molar-refractivity contribution < 1.29 is 9.53 Å². The maximum Gasteiger partial charge on any atom is 0.348 e. The van der Waals surface area contributed by atoms with Crippen molar-refractivity contribution in [1.82, 2.24) is 19.9 Å². The lowest BCUT2D eigenvalue weighted by Crippen LogP contribution is -2.10. The standard InChI is InChI=1S/C15H12N4O3S/c1-3-6-22-15(21)11-8(2)10-13(20)18-12(19-14(10)23-11)9-7-16-4-5-17-9/h3-5,7H,1,6H2,2H3,(H,18,19,20). The third-order valence-corrected chi connectivity index (χ3v) is 4.29. The van der Waals surface area contributed by atoms with Gasteiger partial charge in [0.1, 0.15) is 22.0 Å². The molecule has 0 spiro atoms. The second-order valence-corrected chi connectivity index (χ2v) is 5.63. The molecule has 0 saturated heterocycles. The Balaban J connectivity index is 2.13. The Kier molecular flexibility index (Phi) is 3.98. The van der Waals surface area contributed by atoms with Crippen LogP contribution in [-0.2, 0) is 4.74 Å². The van der Waals surface area contributed by atoms with E-state index in [1.165, 1.54) is 24.7 Å². The predicted molar refractivity (Wildman–Crippen MR) is 86.5 cm³/mol. The van der Waals surface area contributed by atoms with E-state index in [2.05, 4.69) is 26.5 Å². The van der Waals surface area contributed by atoms with E-state index in [9.17, 15) is 9.59 Å². The fourth-order valence-corrected chi connectivity index (χ4v) is 3.16. The number of hydrogen-bond acceptors (Lipinski definition) is 7. The SMILES string of the molecule is C=CCOC(=O)c1sc2nc(-c3cnccn3)[nH]c(=O)c2c1C. The van der Waals surface area contributed by atoms with Gasteiger partial charge in [-0.05, 0) is 12.5 Å². The quantitative estimate of drug-likeness (QED) is 0.582. The number of rotatable bonds is 4. The van der Waals surface area contributed by atoms with E-state index in [0.717, 1.165) is 11.3 Å². The third-order valence-electron chi connectivity index (χ3n) is 3.12. The highest BCUT2D eigenvalue weighted by atomic mass is 32.1. The fourth-order valence-electron chi connectivity index (χ4n) is 2.08. The van der Waals surface area contributed by atoms with Crippen LogP contribution in [0.4, 0.5) is 0 Å². The molecule has 1 N–H and O–H groups in total. The summed E-state index contributed by atoms with van der Waals surface area (Å²) in [6.07, 6.45) is 6.03. The normalized spacial score (nSPS) is 10.7. The van der Waals surface area contributed by atoms with Gasteiger partial charge < -0.3 is 9.72 Å². The number of aromatic amines is 1. The molecule has 0 aromatic carbocycles. The molecule has 3 aromatic heterocycles. The lowest BCUT2D eigenvalue weighted by atomic mass is 10.2. The summed E-state index contributed by atoms with van der Waals surface area (Å²) in [4.78, 5) is 40.3. The average Bonchev–Trinajstić information content (AvgIpc) is 2.91. The molecule has 3 heterocycles. The van der Waals surface area contributed by atoms with Gasteiger partial charge >= 0.3 is 5.97 Å². The zero-order valence-electron chi connectivity index (χ0n) is 12.2. The molecule has 8 heteroatoms. The summed E-state index contributed by atoms with van der Waals surface area (Å²) in [6, 6.07) is 0. The largest absolute Gasteiger partial charge is 0.457 e. The van der Waals surface area contributed by atoms with Gasteiger partial charge in [0.15, 0.2) is 5.82 Å². The van der Waals surface area contributed by atoms with Gasteiger partial charge in [-0.25, -0.2) is 14.8 Å². The number of aromatic nitrogens is 4. The molecule has 0 unspecified atom stereocenters. The zero-order chi connectivity index (χ0) is 16.4. The minimum Gasteiger partial charge on any atom is -0.457 e. The van der Waals surface area contributed by atoms with Crippen LogP contribution in [0.15, 0.2) is 36.0 Å². The van der Waals surface area contributed by atoms with Gasteiger partial charge in [-0.2, -0.15) is 0 Å². The molecule has 0 aliphatic rings. The van der Waals surface area contributed by atoms with Crippen molar-refractivity contribution in [2.24, 2.45) is 0 Å². The minimum absolute atomic E-state index is 0.112. The topological polar surface area (TPSA) is 97.8 Å². The maximum atomic E-state index is 12.3. The molecule has 0 saturated carbocycles. The highest BCUT2D eigenvalue weighted by Gasteiger charge is 2.20. The van der Waals surface area contributed by atoms with Gasteiger partial charge in [-0.15, -0.1) is 11.3 Å². The Morgan fingerprint density at radius 3 is 3.00 bits per heavy atom. The van der Waals surface area contributed by atoms with E-state index in [1.807, 2.05) is 0 Å². The number of nitrogens with one attached hydrogen (secondary N) is 1. The van der Waals surface area contributed by atoms with Crippen molar-refractivity contribution in [3.63, 3.8) is 0 Å². The smallest absolute Gasteiger partial charge is 0.348 e. The number of carbonyl (C=O) groups excluding carboxylic acids is 1. The van der Waals surface area contributed by atoms with Crippen molar-refractivity contribution >= 4 is 27.5 Å². The Labute approximate surface area is 134 Å². The summed E-state index contributed by atoms with van der Waals surface area (Å²) in [6.45, 7) is 5.31. The summed E-state index contributed by atoms with van der Waals surface area (Å²) in [5, 5.41) is 0.383. The van der Waals surface area contributed by atoms with Crippen LogP contribution in [0.2, 0.25) is 0 Å². The number of hydrogen-bond donors (Lipinski definition) is 1. The lowest BCUT2D eigenvalue weighted by molar-refractivity contribution is 0.0555. The number of aryl methyl sites for hydroxylation is 1. The number of thiophene rings is 1. The number of ether oxygens (including phenoxy) is 1. The molecule has 0 aliphatic carbocycles. The van der Waals surface area contributed by atoms with Gasteiger partial charge in [0.25, 0.3) is 5.56 Å². The highest BCUT2D eigenvalue weighted by Crippen LogP contribution is 2.28. The van der Waals surface area contributed by atoms with E-state index in [-0.39, 0.29) is 12.2 Å². The molecule has 0 radical (unpaired) electrons. The first kappa shape index (κ1) is 15.0. The van der Waals surface area contributed by atoms with E-state index in [4.69, 9.17) is 4.74 Å². The molecule has 3 aromatic rings. The Bertz CT molecular complexity index is 947. The Morgan fingerprint density at radius 2 is 2.30 bits per heavy atom. The van der Waals surface area contributed by atoms with E-state index < -0.39 is 5.97 Å². The van der Waals surface area contributed by atoms with E-state index in [0.29, 0.717) is 32.2 Å². The molecule has 0 amide bonds. The molecule has 7 nitrogen and oxygen atoms in total. The van der Waals surface area contributed by atoms with Gasteiger partial charge in [0.2, 0.25) is 0 Å². The van der Waals surface area contributed by atoms with Crippen LogP contribution >= 0.6 is 11.3 Å². The lowest BCUT2D eigenvalue weighted by Gasteiger charge is -1.99. The molecule has 0 atom stereocenters. The number of esters is 1. The predicted octanol–water partition coefficient (Wildman–Crippen LogP) is 2.09.